The molecule has 1 aromatic rings. The van der Waals surface area contributed by atoms with E-state index in [-0.39, 0.29) is 36.2 Å². The van der Waals surface area contributed by atoms with Crippen molar-refractivity contribution in [2.75, 3.05) is 13.1 Å². The number of aliphatic hydroxyl groups is 1. The molecule has 1 aliphatic carbocycles. The van der Waals surface area contributed by atoms with Crippen LogP contribution in [0, 0.1) is 0 Å². The second-order valence-electron chi connectivity index (χ2n) is 6.31. The number of rotatable bonds is 1. The number of piperidine rings is 2. The highest BCUT2D eigenvalue weighted by Crippen LogP contribution is 2.44. The number of hydrogen-bond acceptors (Lipinski definition) is 4. The lowest BCUT2D eigenvalue weighted by Gasteiger charge is -2.59. The second-order valence-corrected chi connectivity index (χ2v) is 6.31. The van der Waals surface area contributed by atoms with Crippen LogP contribution in [0.15, 0.2) is 22.8 Å². The van der Waals surface area contributed by atoms with Crippen molar-refractivity contribution in [3.8, 4) is 0 Å². The highest BCUT2D eigenvalue weighted by atomic mass is 16.3. The van der Waals surface area contributed by atoms with Gasteiger partial charge in [0, 0.05) is 12.6 Å². The third kappa shape index (κ3) is 1.82. The summed E-state index contributed by atoms with van der Waals surface area (Å²) >= 11 is 0. The van der Waals surface area contributed by atoms with Crippen molar-refractivity contribution < 1.29 is 19.1 Å². The molecule has 1 atom stereocenters. The molecule has 2 bridgehead atoms. The fraction of sp³-hybridized carbons (Fsp3) is 0.600. The first-order valence-corrected chi connectivity index (χ1v) is 7.45. The van der Waals surface area contributed by atoms with Crippen LogP contribution in [-0.2, 0) is 4.79 Å². The first kappa shape index (κ1) is 12.9. The van der Waals surface area contributed by atoms with Crippen LogP contribution >= 0.6 is 0 Å². The molecule has 3 aliphatic heterocycles. The van der Waals surface area contributed by atoms with Crippen molar-refractivity contribution in [3.63, 3.8) is 0 Å². The van der Waals surface area contributed by atoms with Gasteiger partial charge in [-0.25, -0.2) is 0 Å². The Morgan fingerprint density at radius 1 is 1.38 bits per heavy atom. The third-order valence-corrected chi connectivity index (χ3v) is 5.20. The minimum atomic E-state index is -0.841. The first-order valence-electron chi connectivity index (χ1n) is 7.45. The van der Waals surface area contributed by atoms with Crippen molar-refractivity contribution in [2.45, 2.75) is 43.4 Å². The Labute approximate surface area is 122 Å². The molecule has 4 heterocycles. The fourth-order valence-corrected chi connectivity index (χ4v) is 4.09. The fourth-order valence-electron chi connectivity index (χ4n) is 4.09. The summed E-state index contributed by atoms with van der Waals surface area (Å²) in [6, 6.07) is 3.21. The van der Waals surface area contributed by atoms with E-state index in [0.29, 0.717) is 6.54 Å². The summed E-state index contributed by atoms with van der Waals surface area (Å²) in [6.45, 7) is 0.459. The van der Waals surface area contributed by atoms with E-state index in [0.717, 1.165) is 25.7 Å². The van der Waals surface area contributed by atoms with Gasteiger partial charge in [-0.2, -0.15) is 0 Å². The summed E-state index contributed by atoms with van der Waals surface area (Å²) < 4.78 is 5.13. The number of carbonyl (C=O) groups is 2. The molecule has 1 unspecified atom stereocenters. The molecule has 21 heavy (non-hydrogen) atoms. The molecular formula is C15H18N2O4. The monoisotopic (exact) mass is 290 g/mol. The molecule has 1 saturated carbocycles. The number of furan rings is 1. The van der Waals surface area contributed by atoms with Crippen LogP contribution in [0.3, 0.4) is 0 Å². The van der Waals surface area contributed by atoms with E-state index in [1.807, 2.05) is 4.90 Å². The highest BCUT2D eigenvalue weighted by Gasteiger charge is 2.55. The van der Waals surface area contributed by atoms with Gasteiger partial charge in [-0.3, -0.25) is 9.59 Å². The molecular weight excluding hydrogens is 272 g/mol. The Bertz CT molecular complexity index is 575. The summed E-state index contributed by atoms with van der Waals surface area (Å²) in [7, 11) is 0. The average Bonchev–Trinajstić information content (AvgIpc) is 3.01. The quantitative estimate of drug-likeness (QED) is 0.823. The van der Waals surface area contributed by atoms with Crippen LogP contribution < -0.4 is 0 Å². The van der Waals surface area contributed by atoms with Gasteiger partial charge >= 0.3 is 0 Å². The van der Waals surface area contributed by atoms with Gasteiger partial charge in [0.05, 0.1) is 17.9 Å². The Morgan fingerprint density at radius 2 is 2.14 bits per heavy atom. The maximum Gasteiger partial charge on any atom is 0.290 e. The predicted molar refractivity (Wildman–Crippen MR) is 72.5 cm³/mol. The van der Waals surface area contributed by atoms with Gasteiger partial charge < -0.3 is 19.3 Å². The van der Waals surface area contributed by atoms with Crippen LogP contribution in [0.4, 0.5) is 0 Å². The second kappa shape index (κ2) is 4.34. The maximum atomic E-state index is 12.4. The molecule has 1 N–H and O–H groups in total. The smallest absolute Gasteiger partial charge is 0.290 e. The molecule has 6 nitrogen and oxygen atoms in total. The molecule has 3 saturated heterocycles. The van der Waals surface area contributed by atoms with Crippen LogP contribution in [0.2, 0.25) is 0 Å². The van der Waals surface area contributed by atoms with Crippen molar-refractivity contribution >= 4 is 11.8 Å². The first-order chi connectivity index (χ1) is 10.1. The molecule has 4 fully saturated rings. The molecule has 0 aromatic carbocycles. The molecule has 0 radical (unpaired) electrons. The minimum absolute atomic E-state index is 0.0611. The Kier molecular flexibility index (Phi) is 2.66. The van der Waals surface area contributed by atoms with Crippen molar-refractivity contribution in [1.29, 1.82) is 0 Å². The summed E-state index contributed by atoms with van der Waals surface area (Å²) in [6.07, 6.45) is 4.61. The average molecular weight is 290 g/mol. The van der Waals surface area contributed by atoms with Crippen molar-refractivity contribution in [3.05, 3.63) is 24.2 Å². The lowest BCUT2D eigenvalue weighted by molar-refractivity contribution is -0.181. The van der Waals surface area contributed by atoms with Crippen molar-refractivity contribution in [2.24, 2.45) is 0 Å². The number of fused-ring (bicyclic) bond motifs is 2. The van der Waals surface area contributed by atoms with Gasteiger partial charge in [0.1, 0.15) is 6.54 Å². The molecule has 1 aromatic heterocycles. The highest BCUT2D eigenvalue weighted by molar-refractivity contribution is 5.95. The summed E-state index contributed by atoms with van der Waals surface area (Å²) in [5, 5.41) is 10.8. The summed E-state index contributed by atoms with van der Waals surface area (Å²) in [5.74, 6) is -0.101. The van der Waals surface area contributed by atoms with E-state index in [4.69, 9.17) is 4.42 Å². The SMILES string of the molecule is O=C(c1ccco1)N1CC(=O)N2C3CCC(O)(CC3)C2C1. The third-order valence-electron chi connectivity index (χ3n) is 5.20. The Hall–Kier alpha value is -1.82. The lowest BCUT2D eigenvalue weighted by Crippen LogP contribution is -2.73. The number of carbonyl (C=O) groups excluding carboxylic acids is 2. The van der Waals surface area contributed by atoms with Crippen molar-refractivity contribution in [1.82, 2.24) is 9.80 Å². The lowest BCUT2D eigenvalue weighted by atomic mass is 9.70. The molecule has 0 spiro atoms. The van der Waals surface area contributed by atoms with Crippen LogP contribution in [-0.4, -0.2) is 57.5 Å². The Morgan fingerprint density at radius 3 is 2.81 bits per heavy atom. The number of hydrogen-bond donors (Lipinski definition) is 1. The number of nitrogens with zero attached hydrogens (tertiary/aromatic N) is 2. The van der Waals surface area contributed by atoms with Gasteiger partial charge in [-0.1, -0.05) is 0 Å². The standard InChI is InChI=1S/C15H18N2O4/c18-13-9-16(14(19)11-2-1-7-21-11)8-12-15(20)5-3-10(4-6-15)17(12)13/h1-2,7,10,12,20H,3-6,8-9H2. The van der Waals surface area contributed by atoms with E-state index >= 15 is 0 Å². The zero-order chi connectivity index (χ0) is 14.6. The Balaban J connectivity index is 1.62. The summed E-state index contributed by atoms with van der Waals surface area (Å²) in [5.41, 5.74) is -0.841. The number of amides is 2. The minimum Gasteiger partial charge on any atom is -0.459 e. The topological polar surface area (TPSA) is 74.0 Å². The largest absolute Gasteiger partial charge is 0.459 e. The maximum absolute atomic E-state index is 12.4. The molecule has 6 heteroatoms. The van der Waals surface area contributed by atoms with Gasteiger partial charge in [0.2, 0.25) is 5.91 Å². The molecule has 4 aliphatic rings. The number of piperazine rings is 1. The van der Waals surface area contributed by atoms with E-state index in [1.54, 1.807) is 12.1 Å². The van der Waals surface area contributed by atoms with Crippen LogP contribution in [0.1, 0.15) is 36.2 Å². The molecule has 112 valence electrons. The normalized spacial score (nSPS) is 35.0. The predicted octanol–water partition coefficient (Wildman–Crippen LogP) is 0.620. The zero-order valence-electron chi connectivity index (χ0n) is 11.7. The van der Waals surface area contributed by atoms with E-state index in [2.05, 4.69) is 0 Å². The van der Waals surface area contributed by atoms with Gasteiger partial charge in [-0.15, -0.1) is 0 Å². The zero-order valence-corrected chi connectivity index (χ0v) is 11.7. The van der Waals surface area contributed by atoms with Crippen LogP contribution in [0.25, 0.3) is 0 Å². The van der Waals surface area contributed by atoms with Gasteiger partial charge in [0.25, 0.3) is 5.91 Å². The van der Waals surface area contributed by atoms with Gasteiger partial charge in [-0.05, 0) is 37.8 Å². The molecule has 5 rings (SSSR count). The van der Waals surface area contributed by atoms with E-state index < -0.39 is 5.60 Å². The van der Waals surface area contributed by atoms with E-state index in [9.17, 15) is 14.7 Å². The molecule has 2 amide bonds. The van der Waals surface area contributed by atoms with E-state index in [1.165, 1.54) is 11.2 Å². The van der Waals surface area contributed by atoms with Gasteiger partial charge in [0.15, 0.2) is 5.76 Å². The van der Waals surface area contributed by atoms with Crippen LogP contribution in [0.5, 0.6) is 0 Å². The summed E-state index contributed by atoms with van der Waals surface area (Å²) in [4.78, 5) is 28.1.